The molecule has 1 aliphatic rings. The molecule has 1 aromatic heterocycles. The second kappa shape index (κ2) is 6.49. The lowest BCUT2D eigenvalue weighted by atomic mass is 10.0. The van der Waals surface area contributed by atoms with Crippen molar-refractivity contribution in [1.82, 2.24) is 16.2 Å². The highest BCUT2D eigenvalue weighted by molar-refractivity contribution is 7.17. The lowest BCUT2D eigenvalue weighted by Gasteiger charge is -2.10. The van der Waals surface area contributed by atoms with E-state index in [4.69, 9.17) is 6.42 Å². The minimum atomic E-state index is -0.126. The molecule has 2 heterocycles. The Balaban J connectivity index is 1.45. The summed E-state index contributed by atoms with van der Waals surface area (Å²) in [6.07, 6.45) is 8.09. The number of nitrogens with one attached hydrogen (secondary N) is 3. The van der Waals surface area contributed by atoms with Gasteiger partial charge in [-0.05, 0) is 47.4 Å². The number of hydrazine groups is 1. The summed E-state index contributed by atoms with van der Waals surface area (Å²) in [6.45, 7) is 0.572. The highest BCUT2D eigenvalue weighted by Gasteiger charge is 2.40. The zero-order chi connectivity index (χ0) is 15.4. The fourth-order valence-corrected chi connectivity index (χ4v) is 3.26. The van der Waals surface area contributed by atoms with Gasteiger partial charge in [-0.25, -0.2) is 10.9 Å². The SMILES string of the molecule is C#CCCC1(CCC(=O)NCc2ccc3sccc3c2)NN1. The summed E-state index contributed by atoms with van der Waals surface area (Å²) in [7, 11) is 0. The van der Waals surface area contributed by atoms with Crippen LogP contribution >= 0.6 is 11.3 Å². The van der Waals surface area contributed by atoms with Gasteiger partial charge in [0.05, 0.1) is 5.66 Å². The van der Waals surface area contributed by atoms with Gasteiger partial charge in [-0.2, -0.15) is 0 Å². The van der Waals surface area contributed by atoms with Crippen LogP contribution in [0.1, 0.15) is 31.2 Å². The Hall–Kier alpha value is -1.87. The van der Waals surface area contributed by atoms with E-state index in [-0.39, 0.29) is 11.6 Å². The zero-order valence-electron chi connectivity index (χ0n) is 12.3. The van der Waals surface area contributed by atoms with E-state index >= 15 is 0 Å². The number of hydrogen-bond donors (Lipinski definition) is 3. The number of hydrogen-bond acceptors (Lipinski definition) is 4. The van der Waals surface area contributed by atoms with E-state index in [1.54, 1.807) is 11.3 Å². The Morgan fingerprint density at radius 1 is 1.32 bits per heavy atom. The lowest BCUT2D eigenvalue weighted by molar-refractivity contribution is -0.121. The molecule has 1 amide bonds. The summed E-state index contributed by atoms with van der Waals surface area (Å²) in [5, 5.41) is 6.30. The third kappa shape index (κ3) is 3.66. The van der Waals surface area contributed by atoms with E-state index in [1.807, 2.05) is 0 Å². The lowest BCUT2D eigenvalue weighted by Crippen LogP contribution is -2.26. The van der Waals surface area contributed by atoms with Crippen LogP contribution in [0.3, 0.4) is 0 Å². The average Bonchev–Trinajstić information content (AvgIpc) is 3.16. The van der Waals surface area contributed by atoms with Gasteiger partial charge in [-0.15, -0.1) is 23.7 Å². The van der Waals surface area contributed by atoms with E-state index in [0.29, 0.717) is 19.4 Å². The third-order valence-electron chi connectivity index (χ3n) is 3.96. The van der Waals surface area contributed by atoms with Gasteiger partial charge in [0.2, 0.25) is 5.91 Å². The Bertz CT molecular complexity index is 712. The number of benzene rings is 1. The van der Waals surface area contributed by atoms with Crippen molar-refractivity contribution in [1.29, 1.82) is 0 Å². The van der Waals surface area contributed by atoms with Crippen molar-refractivity contribution in [2.24, 2.45) is 0 Å². The van der Waals surface area contributed by atoms with Crippen LogP contribution in [0, 0.1) is 12.3 Å². The highest BCUT2D eigenvalue weighted by Crippen LogP contribution is 2.24. The number of rotatable bonds is 7. The van der Waals surface area contributed by atoms with Gasteiger partial charge in [0, 0.05) is 24.1 Å². The molecule has 0 unspecified atom stereocenters. The molecule has 22 heavy (non-hydrogen) atoms. The van der Waals surface area contributed by atoms with Crippen molar-refractivity contribution >= 4 is 27.3 Å². The number of thiophene rings is 1. The third-order valence-corrected chi connectivity index (χ3v) is 4.86. The van der Waals surface area contributed by atoms with Crippen molar-refractivity contribution in [3.05, 3.63) is 35.2 Å². The van der Waals surface area contributed by atoms with Gasteiger partial charge in [-0.3, -0.25) is 4.79 Å². The fourth-order valence-electron chi connectivity index (χ4n) is 2.49. The van der Waals surface area contributed by atoms with Gasteiger partial charge >= 0.3 is 0 Å². The Kier molecular flexibility index (Phi) is 4.44. The summed E-state index contributed by atoms with van der Waals surface area (Å²) in [6, 6.07) is 8.40. The van der Waals surface area contributed by atoms with Crippen molar-refractivity contribution in [2.45, 2.75) is 37.9 Å². The Morgan fingerprint density at radius 3 is 2.95 bits per heavy atom. The van der Waals surface area contributed by atoms with Gasteiger partial charge < -0.3 is 5.32 Å². The summed E-state index contributed by atoms with van der Waals surface area (Å²) in [5.74, 6) is 2.70. The predicted molar refractivity (Wildman–Crippen MR) is 90.0 cm³/mol. The smallest absolute Gasteiger partial charge is 0.220 e. The van der Waals surface area contributed by atoms with Gasteiger partial charge in [0.25, 0.3) is 0 Å². The maximum absolute atomic E-state index is 12.0. The minimum Gasteiger partial charge on any atom is -0.352 e. The fraction of sp³-hybridized carbons (Fsp3) is 0.353. The first-order chi connectivity index (χ1) is 10.7. The standard InChI is InChI=1S/C17H19N3OS/c1-2-3-8-17(19-20-17)9-6-16(21)18-12-13-4-5-15-14(11-13)7-10-22-15/h1,4-5,7,10-11,19-20H,3,6,8-9,12H2,(H,18,21). The van der Waals surface area contributed by atoms with Crippen molar-refractivity contribution in [3.8, 4) is 12.3 Å². The average molecular weight is 313 g/mol. The van der Waals surface area contributed by atoms with E-state index in [2.05, 4.69) is 51.7 Å². The normalized spacial score (nSPS) is 15.4. The molecule has 0 radical (unpaired) electrons. The van der Waals surface area contributed by atoms with Crippen LogP contribution < -0.4 is 16.2 Å². The van der Waals surface area contributed by atoms with E-state index in [0.717, 1.165) is 18.4 Å². The molecular weight excluding hydrogens is 294 g/mol. The molecule has 2 aromatic rings. The number of amides is 1. The molecule has 1 fully saturated rings. The number of terminal acetylenes is 1. The number of fused-ring (bicyclic) bond motifs is 1. The molecule has 1 aromatic carbocycles. The summed E-state index contributed by atoms with van der Waals surface area (Å²) in [5.41, 5.74) is 7.21. The van der Waals surface area contributed by atoms with Crippen molar-refractivity contribution in [2.75, 3.05) is 0 Å². The minimum absolute atomic E-state index is 0.0704. The van der Waals surface area contributed by atoms with Crippen LogP contribution in [0.15, 0.2) is 29.6 Å². The number of carbonyl (C=O) groups is 1. The van der Waals surface area contributed by atoms with Gasteiger partial charge in [0.1, 0.15) is 0 Å². The second-order valence-electron chi connectivity index (χ2n) is 5.61. The molecule has 1 aliphatic heterocycles. The molecule has 114 valence electrons. The molecule has 5 heteroatoms. The highest BCUT2D eigenvalue weighted by atomic mass is 32.1. The summed E-state index contributed by atoms with van der Waals surface area (Å²) < 4.78 is 1.27. The van der Waals surface area contributed by atoms with E-state index in [9.17, 15) is 4.79 Å². The second-order valence-corrected chi connectivity index (χ2v) is 6.55. The van der Waals surface area contributed by atoms with Crippen LogP contribution in [0.25, 0.3) is 10.1 Å². The van der Waals surface area contributed by atoms with Gasteiger partial charge in [-0.1, -0.05) is 6.07 Å². The predicted octanol–water partition coefficient (Wildman–Crippen LogP) is 2.52. The quantitative estimate of drug-likeness (QED) is 0.543. The van der Waals surface area contributed by atoms with Crippen molar-refractivity contribution in [3.63, 3.8) is 0 Å². The maximum Gasteiger partial charge on any atom is 0.220 e. The van der Waals surface area contributed by atoms with Crippen LogP contribution in [0.4, 0.5) is 0 Å². The molecule has 0 aliphatic carbocycles. The molecule has 1 saturated heterocycles. The monoisotopic (exact) mass is 313 g/mol. The first-order valence-electron chi connectivity index (χ1n) is 7.41. The van der Waals surface area contributed by atoms with Crippen LogP contribution in [-0.2, 0) is 11.3 Å². The maximum atomic E-state index is 12.0. The molecule has 0 bridgehead atoms. The van der Waals surface area contributed by atoms with E-state index < -0.39 is 0 Å². The van der Waals surface area contributed by atoms with Gasteiger partial charge in [0.15, 0.2) is 0 Å². The Morgan fingerprint density at radius 2 is 2.18 bits per heavy atom. The molecule has 0 atom stereocenters. The largest absolute Gasteiger partial charge is 0.352 e. The molecule has 0 spiro atoms. The Labute approximate surface area is 134 Å². The molecule has 4 nitrogen and oxygen atoms in total. The van der Waals surface area contributed by atoms with Crippen LogP contribution in [0.5, 0.6) is 0 Å². The van der Waals surface area contributed by atoms with E-state index in [1.165, 1.54) is 10.1 Å². The molecule has 0 saturated carbocycles. The first kappa shape index (κ1) is 15.0. The molecule has 3 rings (SSSR count). The number of carbonyl (C=O) groups excluding carboxylic acids is 1. The summed E-state index contributed by atoms with van der Waals surface area (Å²) >= 11 is 1.73. The zero-order valence-corrected chi connectivity index (χ0v) is 13.1. The molecule has 3 N–H and O–H groups in total. The van der Waals surface area contributed by atoms with Crippen molar-refractivity contribution < 1.29 is 4.79 Å². The summed E-state index contributed by atoms with van der Waals surface area (Å²) in [4.78, 5) is 12.0. The van der Waals surface area contributed by atoms with Crippen LogP contribution in [-0.4, -0.2) is 11.6 Å². The first-order valence-corrected chi connectivity index (χ1v) is 8.29. The molecular formula is C17H19N3OS. The topological polar surface area (TPSA) is 73.0 Å². The van der Waals surface area contributed by atoms with Crippen LogP contribution in [0.2, 0.25) is 0 Å².